The summed E-state index contributed by atoms with van der Waals surface area (Å²) in [6, 6.07) is 0. The van der Waals surface area contributed by atoms with E-state index in [0.29, 0.717) is 18.2 Å². The van der Waals surface area contributed by atoms with Gasteiger partial charge in [0, 0.05) is 17.0 Å². The Balaban J connectivity index is 2.54. The van der Waals surface area contributed by atoms with Gasteiger partial charge in [-0.2, -0.15) is 0 Å². The molecular formula is C12H18ClNOS. The Morgan fingerprint density at radius 3 is 2.94 bits per heavy atom. The van der Waals surface area contributed by atoms with Crippen LogP contribution >= 0.6 is 23.8 Å². The fourth-order valence-electron chi connectivity index (χ4n) is 1.61. The fraction of sp³-hybridized carbons (Fsp3) is 0.667. The molecule has 2 atom stereocenters. The van der Waals surface area contributed by atoms with Gasteiger partial charge in [0.25, 0.3) is 0 Å². The molecule has 0 bridgehead atoms. The number of ether oxygens (including phenoxy) is 1. The Morgan fingerprint density at radius 2 is 2.44 bits per heavy atom. The van der Waals surface area contributed by atoms with E-state index >= 15 is 0 Å². The number of allylic oxidation sites excluding steroid dienone is 2. The van der Waals surface area contributed by atoms with Gasteiger partial charge in [0.05, 0.1) is 12.0 Å². The first kappa shape index (κ1) is 13.7. The maximum absolute atomic E-state index is 7.67. The topological polar surface area (TPSA) is 33.1 Å². The van der Waals surface area contributed by atoms with Crippen molar-refractivity contribution < 1.29 is 4.74 Å². The largest absolute Gasteiger partial charge is 0.496 e. The lowest BCUT2D eigenvalue weighted by Gasteiger charge is -2.26. The second kappa shape index (κ2) is 6.36. The van der Waals surface area contributed by atoms with Gasteiger partial charge in [0.1, 0.15) is 5.76 Å². The smallest absolute Gasteiger partial charge is 0.110 e. The molecule has 0 fully saturated rings. The first-order valence-electron chi connectivity index (χ1n) is 5.55. The van der Waals surface area contributed by atoms with Gasteiger partial charge in [-0.3, -0.25) is 0 Å². The number of hydrogen-bond acceptors (Lipinski definition) is 3. The zero-order valence-corrected chi connectivity index (χ0v) is 11.3. The van der Waals surface area contributed by atoms with Crippen LogP contribution in [0.1, 0.15) is 26.7 Å². The van der Waals surface area contributed by atoms with Crippen LogP contribution in [0.25, 0.3) is 0 Å². The minimum absolute atomic E-state index is 0.118. The number of alkyl halides is 1. The lowest BCUT2D eigenvalue weighted by atomic mass is 9.89. The molecule has 2 nitrogen and oxygen atoms in total. The van der Waals surface area contributed by atoms with Gasteiger partial charge in [-0.05, 0) is 24.8 Å². The summed E-state index contributed by atoms with van der Waals surface area (Å²) >= 11 is 11.0. The summed E-state index contributed by atoms with van der Waals surface area (Å²) in [6.45, 7) is 4.92. The van der Waals surface area contributed by atoms with Crippen molar-refractivity contribution in [1.82, 2.24) is 0 Å². The van der Waals surface area contributed by atoms with Crippen LogP contribution in [-0.4, -0.2) is 23.1 Å². The first-order chi connectivity index (χ1) is 7.54. The molecule has 0 amide bonds. The maximum atomic E-state index is 7.67. The third-order valence-electron chi connectivity index (χ3n) is 2.55. The zero-order valence-electron chi connectivity index (χ0n) is 9.70. The minimum atomic E-state index is -0.118. The highest BCUT2D eigenvalue weighted by molar-refractivity contribution is 7.80. The van der Waals surface area contributed by atoms with E-state index in [1.54, 1.807) is 0 Å². The van der Waals surface area contributed by atoms with Gasteiger partial charge in [0.15, 0.2) is 0 Å². The Kier molecular flexibility index (Phi) is 5.42. The highest BCUT2D eigenvalue weighted by atomic mass is 35.5. The molecule has 1 N–H and O–H groups in total. The van der Waals surface area contributed by atoms with Crippen molar-refractivity contribution in [1.29, 1.82) is 5.41 Å². The standard InChI is InChI=1S/C12H18ClNOS/c1-8(2)6-15-12-4-3-9(5-10(12)13)11(14)7-16/h4,7-10,14H,3,5-6H2,1-2H3. The zero-order chi connectivity index (χ0) is 12.1. The molecule has 1 aliphatic rings. The predicted molar refractivity (Wildman–Crippen MR) is 72.6 cm³/mol. The summed E-state index contributed by atoms with van der Waals surface area (Å²) in [4.78, 5) is 0. The van der Waals surface area contributed by atoms with Crippen LogP contribution in [0.15, 0.2) is 11.8 Å². The second-order valence-electron chi connectivity index (χ2n) is 4.52. The molecule has 0 radical (unpaired) electrons. The van der Waals surface area contributed by atoms with Crippen LogP contribution in [0.5, 0.6) is 0 Å². The number of halogens is 1. The molecule has 4 heteroatoms. The van der Waals surface area contributed by atoms with Gasteiger partial charge < -0.3 is 10.1 Å². The molecule has 1 rings (SSSR count). The third-order valence-corrected chi connectivity index (χ3v) is 3.20. The van der Waals surface area contributed by atoms with Crippen molar-refractivity contribution in [2.45, 2.75) is 32.1 Å². The van der Waals surface area contributed by atoms with E-state index < -0.39 is 0 Å². The number of thiocarbonyl (C=S) groups is 1. The summed E-state index contributed by atoms with van der Waals surface area (Å²) in [5.41, 5.74) is 0.500. The minimum Gasteiger partial charge on any atom is -0.496 e. The van der Waals surface area contributed by atoms with Gasteiger partial charge in [-0.25, -0.2) is 0 Å². The van der Waals surface area contributed by atoms with Gasteiger partial charge >= 0.3 is 0 Å². The normalized spacial score (nSPS) is 25.1. The molecule has 2 unspecified atom stereocenters. The molecule has 0 aromatic rings. The van der Waals surface area contributed by atoms with E-state index in [0.717, 1.165) is 18.6 Å². The molecule has 1 aliphatic carbocycles. The average Bonchev–Trinajstić information content (AvgIpc) is 2.26. The average molecular weight is 260 g/mol. The molecule has 0 saturated carbocycles. The molecule has 0 aromatic heterocycles. The van der Waals surface area contributed by atoms with E-state index in [9.17, 15) is 0 Å². The number of nitrogens with one attached hydrogen (secondary N) is 1. The van der Waals surface area contributed by atoms with Gasteiger partial charge in [-0.1, -0.05) is 26.1 Å². The number of hydrogen-bond donors (Lipinski definition) is 1. The molecular weight excluding hydrogens is 242 g/mol. The summed E-state index contributed by atoms with van der Waals surface area (Å²) in [6.07, 6.45) is 3.56. The Morgan fingerprint density at radius 1 is 1.75 bits per heavy atom. The van der Waals surface area contributed by atoms with E-state index in [4.69, 9.17) is 34.0 Å². The van der Waals surface area contributed by atoms with Gasteiger partial charge in [-0.15, -0.1) is 11.6 Å². The van der Waals surface area contributed by atoms with Crippen LogP contribution < -0.4 is 0 Å². The lowest BCUT2D eigenvalue weighted by Crippen LogP contribution is -2.24. The summed E-state index contributed by atoms with van der Waals surface area (Å²) in [5.74, 6) is 1.52. The van der Waals surface area contributed by atoms with Crippen LogP contribution in [-0.2, 0) is 4.74 Å². The molecule has 0 aromatic carbocycles. The highest BCUT2D eigenvalue weighted by Gasteiger charge is 2.25. The molecule has 0 heterocycles. The van der Waals surface area contributed by atoms with Gasteiger partial charge in [0.2, 0.25) is 0 Å². The van der Waals surface area contributed by atoms with E-state index in [1.165, 1.54) is 5.37 Å². The van der Waals surface area contributed by atoms with Crippen LogP contribution in [0, 0.1) is 17.2 Å². The summed E-state index contributed by atoms with van der Waals surface area (Å²) in [5, 5.41) is 8.98. The van der Waals surface area contributed by atoms with Crippen LogP contribution in [0.4, 0.5) is 0 Å². The molecule has 0 spiro atoms. The monoisotopic (exact) mass is 259 g/mol. The number of rotatable bonds is 5. The van der Waals surface area contributed by atoms with Crippen molar-refractivity contribution in [3.8, 4) is 0 Å². The van der Waals surface area contributed by atoms with Crippen molar-refractivity contribution >= 4 is 34.9 Å². The third kappa shape index (κ3) is 3.87. The SMILES string of the molecule is CC(C)COC1=CCC(C(=N)C=S)CC1Cl. The predicted octanol–water partition coefficient (Wildman–Crippen LogP) is 3.58. The Hall–Kier alpha value is -0.410. The maximum Gasteiger partial charge on any atom is 0.110 e. The van der Waals surface area contributed by atoms with Crippen molar-refractivity contribution in [3.05, 3.63) is 11.8 Å². The first-order valence-corrected chi connectivity index (χ1v) is 6.46. The van der Waals surface area contributed by atoms with E-state index in [2.05, 4.69) is 13.8 Å². The summed E-state index contributed by atoms with van der Waals surface area (Å²) < 4.78 is 5.64. The van der Waals surface area contributed by atoms with Crippen molar-refractivity contribution in [3.63, 3.8) is 0 Å². The molecule has 0 aliphatic heterocycles. The summed E-state index contributed by atoms with van der Waals surface area (Å²) in [7, 11) is 0. The van der Waals surface area contributed by atoms with Crippen LogP contribution in [0.3, 0.4) is 0 Å². The highest BCUT2D eigenvalue weighted by Crippen LogP contribution is 2.29. The Bertz CT molecular complexity index is 301. The molecule has 16 heavy (non-hydrogen) atoms. The van der Waals surface area contributed by atoms with Crippen molar-refractivity contribution in [2.75, 3.05) is 6.61 Å². The molecule has 90 valence electrons. The fourth-order valence-corrected chi connectivity index (χ4v) is 2.17. The Labute approximate surface area is 108 Å². The van der Waals surface area contributed by atoms with E-state index in [-0.39, 0.29) is 11.3 Å². The van der Waals surface area contributed by atoms with E-state index in [1.807, 2.05) is 6.08 Å². The van der Waals surface area contributed by atoms with Crippen molar-refractivity contribution in [2.24, 2.45) is 11.8 Å². The second-order valence-corrected chi connectivity index (χ2v) is 5.28. The lowest BCUT2D eigenvalue weighted by molar-refractivity contribution is 0.165. The molecule has 0 saturated heterocycles. The quantitative estimate of drug-likeness (QED) is 0.465. The van der Waals surface area contributed by atoms with Crippen LogP contribution in [0.2, 0.25) is 0 Å².